The third-order valence-electron chi connectivity index (χ3n) is 1.99. The molecular formula is C10H8BrFN2O. The van der Waals surface area contributed by atoms with Gasteiger partial charge in [-0.15, -0.1) is 0 Å². The maximum absolute atomic E-state index is 12.8. The van der Waals surface area contributed by atoms with Gasteiger partial charge in [0.15, 0.2) is 0 Å². The largest absolute Gasteiger partial charge is 0.390 e. The van der Waals surface area contributed by atoms with E-state index < -0.39 is 0 Å². The van der Waals surface area contributed by atoms with E-state index in [1.165, 1.54) is 12.1 Å². The average Bonchev–Trinajstić information content (AvgIpc) is 2.66. The molecule has 78 valence electrons. The molecule has 2 N–H and O–H groups in total. The maximum Gasteiger partial charge on any atom is 0.138 e. The summed E-state index contributed by atoms with van der Waals surface area (Å²) in [5, 5.41) is 8.87. The van der Waals surface area contributed by atoms with Crippen LogP contribution in [-0.2, 0) is 6.61 Å². The summed E-state index contributed by atoms with van der Waals surface area (Å²) in [4.78, 5) is 7.01. The molecule has 0 unspecified atom stereocenters. The molecule has 0 fully saturated rings. The highest BCUT2D eigenvalue weighted by Gasteiger charge is 2.07. The van der Waals surface area contributed by atoms with Crippen molar-refractivity contribution < 1.29 is 9.50 Å². The standard InChI is InChI=1S/C10H8BrFN2O/c11-9-3-6(12)1-2-8(9)10-13-4-7(5-15)14-10/h1-4,15H,5H2,(H,13,14). The zero-order chi connectivity index (χ0) is 10.8. The number of imidazole rings is 1. The first-order chi connectivity index (χ1) is 7.20. The summed E-state index contributed by atoms with van der Waals surface area (Å²) in [5.74, 6) is 0.297. The van der Waals surface area contributed by atoms with Gasteiger partial charge in [0.1, 0.15) is 11.6 Å². The third kappa shape index (κ3) is 2.08. The van der Waals surface area contributed by atoms with E-state index in [1.54, 1.807) is 12.3 Å². The molecule has 5 heteroatoms. The van der Waals surface area contributed by atoms with E-state index >= 15 is 0 Å². The summed E-state index contributed by atoms with van der Waals surface area (Å²) >= 11 is 3.25. The molecule has 0 atom stereocenters. The first kappa shape index (κ1) is 10.3. The van der Waals surface area contributed by atoms with Crippen molar-refractivity contribution >= 4 is 15.9 Å². The summed E-state index contributed by atoms with van der Waals surface area (Å²) in [5.41, 5.74) is 1.39. The zero-order valence-electron chi connectivity index (χ0n) is 7.67. The second-order valence-electron chi connectivity index (χ2n) is 3.04. The summed E-state index contributed by atoms with van der Waals surface area (Å²) in [6.45, 7) is -0.0915. The molecule has 1 aromatic carbocycles. The van der Waals surface area contributed by atoms with Crippen molar-refractivity contribution in [2.45, 2.75) is 6.61 Å². The van der Waals surface area contributed by atoms with E-state index in [0.29, 0.717) is 16.0 Å². The molecule has 0 aliphatic heterocycles. The van der Waals surface area contributed by atoms with Gasteiger partial charge >= 0.3 is 0 Å². The number of aromatic amines is 1. The molecule has 1 aromatic heterocycles. The van der Waals surface area contributed by atoms with E-state index in [1.807, 2.05) is 0 Å². The van der Waals surface area contributed by atoms with Gasteiger partial charge in [0.05, 0.1) is 18.5 Å². The van der Waals surface area contributed by atoms with E-state index in [2.05, 4.69) is 25.9 Å². The van der Waals surface area contributed by atoms with Gasteiger partial charge in [-0.25, -0.2) is 9.37 Å². The van der Waals surface area contributed by atoms with Crippen molar-refractivity contribution in [1.29, 1.82) is 0 Å². The molecule has 0 spiro atoms. The Kier molecular flexibility index (Phi) is 2.83. The van der Waals surface area contributed by atoms with Crippen LogP contribution in [0, 0.1) is 5.82 Å². The van der Waals surface area contributed by atoms with Crippen molar-refractivity contribution in [3.8, 4) is 11.4 Å². The Labute approximate surface area is 94.1 Å². The second-order valence-corrected chi connectivity index (χ2v) is 3.89. The summed E-state index contributed by atoms with van der Waals surface area (Å²) in [7, 11) is 0. The Balaban J connectivity index is 2.44. The van der Waals surface area contributed by atoms with Crippen LogP contribution in [0.25, 0.3) is 11.4 Å². The van der Waals surface area contributed by atoms with E-state index in [9.17, 15) is 4.39 Å². The molecule has 2 rings (SSSR count). The highest BCUT2D eigenvalue weighted by atomic mass is 79.9. The minimum atomic E-state index is -0.306. The summed E-state index contributed by atoms with van der Waals surface area (Å²) < 4.78 is 13.5. The molecule has 0 amide bonds. The molecule has 15 heavy (non-hydrogen) atoms. The number of aliphatic hydroxyl groups is 1. The molecule has 3 nitrogen and oxygen atoms in total. The van der Waals surface area contributed by atoms with Crippen LogP contribution < -0.4 is 0 Å². The number of hydrogen-bond donors (Lipinski definition) is 2. The van der Waals surface area contributed by atoms with Crippen LogP contribution in [0.4, 0.5) is 4.39 Å². The number of aromatic nitrogens is 2. The number of halogens is 2. The Hall–Kier alpha value is -1.20. The molecule has 0 aliphatic rings. The zero-order valence-corrected chi connectivity index (χ0v) is 9.25. The Morgan fingerprint density at radius 3 is 2.87 bits per heavy atom. The predicted molar refractivity (Wildman–Crippen MR) is 57.6 cm³/mol. The number of nitrogens with zero attached hydrogens (tertiary/aromatic N) is 1. The van der Waals surface area contributed by atoms with E-state index in [-0.39, 0.29) is 12.4 Å². The highest BCUT2D eigenvalue weighted by Crippen LogP contribution is 2.26. The molecule has 0 radical (unpaired) electrons. The minimum absolute atomic E-state index is 0.0915. The molecule has 2 aromatic rings. The summed E-state index contributed by atoms with van der Waals surface area (Å²) in [6.07, 6.45) is 1.55. The quantitative estimate of drug-likeness (QED) is 0.881. The third-order valence-corrected chi connectivity index (χ3v) is 2.64. The Morgan fingerprint density at radius 2 is 2.27 bits per heavy atom. The van der Waals surface area contributed by atoms with Gasteiger partial charge in [-0.2, -0.15) is 0 Å². The normalized spacial score (nSPS) is 10.6. The van der Waals surface area contributed by atoms with Crippen LogP contribution in [0.15, 0.2) is 28.9 Å². The highest BCUT2D eigenvalue weighted by molar-refractivity contribution is 9.10. The van der Waals surface area contributed by atoms with Crippen molar-refractivity contribution in [2.24, 2.45) is 0 Å². The lowest BCUT2D eigenvalue weighted by atomic mass is 10.2. The van der Waals surface area contributed by atoms with Gasteiger partial charge in [0.2, 0.25) is 0 Å². The molecule has 0 aliphatic carbocycles. The van der Waals surface area contributed by atoms with Gasteiger partial charge < -0.3 is 10.1 Å². The van der Waals surface area contributed by atoms with Gasteiger partial charge in [0.25, 0.3) is 0 Å². The molecule has 0 saturated carbocycles. The summed E-state index contributed by atoms with van der Waals surface area (Å²) in [6, 6.07) is 4.36. The van der Waals surface area contributed by atoms with E-state index in [0.717, 1.165) is 5.56 Å². The molecule has 1 heterocycles. The second kappa shape index (κ2) is 4.12. The van der Waals surface area contributed by atoms with Crippen molar-refractivity contribution in [1.82, 2.24) is 9.97 Å². The maximum atomic E-state index is 12.8. The van der Waals surface area contributed by atoms with Gasteiger partial charge in [-0.3, -0.25) is 0 Å². The van der Waals surface area contributed by atoms with E-state index in [4.69, 9.17) is 5.11 Å². The van der Waals surface area contributed by atoms with Crippen LogP contribution in [0.3, 0.4) is 0 Å². The smallest absolute Gasteiger partial charge is 0.138 e. The number of H-pyrrole nitrogens is 1. The topological polar surface area (TPSA) is 48.9 Å². The van der Waals surface area contributed by atoms with Crippen LogP contribution in [0.5, 0.6) is 0 Å². The fourth-order valence-corrected chi connectivity index (χ4v) is 1.80. The van der Waals surface area contributed by atoms with Gasteiger partial charge in [-0.1, -0.05) is 0 Å². The van der Waals surface area contributed by atoms with Crippen molar-refractivity contribution in [3.05, 3.63) is 40.4 Å². The monoisotopic (exact) mass is 270 g/mol. The fraction of sp³-hybridized carbons (Fsp3) is 0.100. The first-order valence-corrected chi connectivity index (χ1v) is 5.10. The Morgan fingerprint density at radius 1 is 1.47 bits per heavy atom. The van der Waals surface area contributed by atoms with Crippen LogP contribution in [0.1, 0.15) is 5.69 Å². The van der Waals surface area contributed by atoms with Crippen molar-refractivity contribution in [3.63, 3.8) is 0 Å². The van der Waals surface area contributed by atoms with Crippen LogP contribution >= 0.6 is 15.9 Å². The van der Waals surface area contributed by atoms with Gasteiger partial charge in [0, 0.05) is 10.0 Å². The molecular weight excluding hydrogens is 263 g/mol. The number of aliphatic hydroxyl groups excluding tert-OH is 1. The lowest BCUT2D eigenvalue weighted by molar-refractivity contribution is 0.277. The number of benzene rings is 1. The fourth-order valence-electron chi connectivity index (χ4n) is 1.26. The number of hydrogen-bond acceptors (Lipinski definition) is 2. The lowest BCUT2D eigenvalue weighted by Gasteiger charge is -2.00. The van der Waals surface area contributed by atoms with Crippen LogP contribution in [0.2, 0.25) is 0 Å². The predicted octanol–water partition coefficient (Wildman–Crippen LogP) is 2.47. The van der Waals surface area contributed by atoms with Crippen LogP contribution in [-0.4, -0.2) is 15.1 Å². The number of rotatable bonds is 2. The Bertz CT molecular complexity index is 484. The van der Waals surface area contributed by atoms with Gasteiger partial charge in [-0.05, 0) is 34.1 Å². The first-order valence-electron chi connectivity index (χ1n) is 4.31. The molecule has 0 bridgehead atoms. The SMILES string of the molecule is OCc1cnc(-c2ccc(F)cc2Br)[nH]1. The average molecular weight is 271 g/mol. The minimum Gasteiger partial charge on any atom is -0.390 e. The number of nitrogens with one attached hydrogen (secondary N) is 1. The lowest BCUT2D eigenvalue weighted by Crippen LogP contribution is -1.85. The van der Waals surface area contributed by atoms with Crippen molar-refractivity contribution in [2.75, 3.05) is 0 Å². The molecule has 0 saturated heterocycles.